The van der Waals surface area contributed by atoms with Gasteiger partial charge in [0.05, 0.1) is 17.9 Å². The zero-order valence-electron chi connectivity index (χ0n) is 20.2. The highest BCUT2D eigenvalue weighted by Crippen LogP contribution is 2.24. The van der Waals surface area contributed by atoms with Gasteiger partial charge in [0.15, 0.2) is 6.10 Å². The summed E-state index contributed by atoms with van der Waals surface area (Å²) in [6, 6.07) is 31.6. The zero-order chi connectivity index (χ0) is 25.3. The van der Waals surface area contributed by atoms with E-state index in [1.807, 2.05) is 61.5 Å². The molecule has 0 heterocycles. The third kappa shape index (κ3) is 6.30. The van der Waals surface area contributed by atoms with Crippen LogP contribution in [-0.4, -0.2) is 24.5 Å². The predicted molar refractivity (Wildman–Crippen MR) is 143 cm³/mol. The van der Waals surface area contributed by atoms with Crippen molar-refractivity contribution in [3.63, 3.8) is 0 Å². The van der Waals surface area contributed by atoms with Crippen LogP contribution in [0.15, 0.2) is 103 Å². The molecule has 0 saturated heterocycles. The first-order chi connectivity index (χ1) is 17.5. The number of nitrogens with one attached hydrogen (secondary N) is 2. The third-order valence-corrected chi connectivity index (χ3v) is 5.50. The molecular weight excluding hydrogens is 452 g/mol. The van der Waals surface area contributed by atoms with Crippen molar-refractivity contribution in [3.8, 4) is 22.6 Å². The van der Waals surface area contributed by atoms with Crippen LogP contribution in [0.1, 0.15) is 24.2 Å². The first-order valence-corrected chi connectivity index (χ1v) is 11.8. The van der Waals surface area contributed by atoms with Crippen molar-refractivity contribution in [2.45, 2.75) is 20.0 Å². The first kappa shape index (κ1) is 24.5. The summed E-state index contributed by atoms with van der Waals surface area (Å²) in [6.45, 7) is 4.15. The number of rotatable bonds is 9. The Hall–Kier alpha value is -4.58. The Labute approximate surface area is 210 Å². The molecule has 0 spiro atoms. The van der Waals surface area contributed by atoms with Crippen LogP contribution in [0.3, 0.4) is 0 Å². The normalized spacial score (nSPS) is 11.3. The topological polar surface area (TPSA) is 76.7 Å². The molecule has 6 nitrogen and oxygen atoms in total. The van der Waals surface area contributed by atoms with Gasteiger partial charge in [0.1, 0.15) is 11.5 Å². The van der Waals surface area contributed by atoms with E-state index in [1.54, 1.807) is 55.5 Å². The molecule has 1 atom stereocenters. The summed E-state index contributed by atoms with van der Waals surface area (Å²) in [5.41, 5.74) is 3.54. The van der Waals surface area contributed by atoms with Gasteiger partial charge in [-0.1, -0.05) is 54.6 Å². The highest BCUT2D eigenvalue weighted by molar-refractivity contribution is 6.10. The van der Waals surface area contributed by atoms with Crippen molar-refractivity contribution >= 4 is 23.2 Å². The highest BCUT2D eigenvalue weighted by Gasteiger charge is 2.19. The molecule has 0 bridgehead atoms. The van der Waals surface area contributed by atoms with Crippen LogP contribution in [0.2, 0.25) is 0 Å². The molecule has 0 aromatic heterocycles. The molecule has 182 valence electrons. The Morgan fingerprint density at radius 3 is 2.03 bits per heavy atom. The lowest BCUT2D eigenvalue weighted by molar-refractivity contribution is -0.122. The molecule has 1 unspecified atom stereocenters. The van der Waals surface area contributed by atoms with E-state index in [0.29, 0.717) is 29.3 Å². The SMILES string of the molecule is CCOc1ccc(NC(=O)c2ccccc2NC(=O)C(C)Oc2ccc(-c3ccccc3)cc2)cc1. The van der Waals surface area contributed by atoms with Gasteiger partial charge < -0.3 is 20.1 Å². The summed E-state index contributed by atoms with van der Waals surface area (Å²) in [5.74, 6) is 0.620. The number of hydrogen-bond donors (Lipinski definition) is 2. The average molecular weight is 481 g/mol. The Kier molecular flexibility index (Phi) is 7.98. The van der Waals surface area contributed by atoms with Gasteiger partial charge in [-0.3, -0.25) is 9.59 Å². The summed E-state index contributed by atoms with van der Waals surface area (Å²) in [7, 11) is 0. The summed E-state index contributed by atoms with van der Waals surface area (Å²) >= 11 is 0. The van der Waals surface area contributed by atoms with Crippen molar-refractivity contribution < 1.29 is 19.1 Å². The fraction of sp³-hybridized carbons (Fsp3) is 0.133. The lowest BCUT2D eigenvalue weighted by Gasteiger charge is -2.17. The Balaban J connectivity index is 1.38. The number of ether oxygens (including phenoxy) is 2. The summed E-state index contributed by atoms with van der Waals surface area (Å²) in [4.78, 5) is 25.8. The van der Waals surface area contributed by atoms with Gasteiger partial charge in [-0.15, -0.1) is 0 Å². The summed E-state index contributed by atoms with van der Waals surface area (Å²) < 4.78 is 11.3. The highest BCUT2D eigenvalue weighted by atomic mass is 16.5. The smallest absolute Gasteiger partial charge is 0.265 e. The van der Waals surface area contributed by atoms with Crippen LogP contribution in [0, 0.1) is 0 Å². The van der Waals surface area contributed by atoms with Gasteiger partial charge in [0.25, 0.3) is 11.8 Å². The average Bonchev–Trinajstić information content (AvgIpc) is 2.91. The van der Waals surface area contributed by atoms with E-state index in [2.05, 4.69) is 10.6 Å². The monoisotopic (exact) mass is 480 g/mol. The van der Waals surface area contributed by atoms with Gasteiger partial charge in [0.2, 0.25) is 0 Å². The number of anilines is 2. The number of carbonyl (C=O) groups is 2. The van der Waals surface area contributed by atoms with Crippen LogP contribution >= 0.6 is 0 Å². The number of para-hydroxylation sites is 1. The Bertz CT molecular complexity index is 1300. The van der Waals surface area contributed by atoms with E-state index < -0.39 is 6.10 Å². The van der Waals surface area contributed by atoms with Crippen LogP contribution < -0.4 is 20.1 Å². The number of amides is 2. The first-order valence-electron chi connectivity index (χ1n) is 11.8. The van der Waals surface area contributed by atoms with Crippen molar-refractivity contribution in [1.29, 1.82) is 0 Å². The van der Waals surface area contributed by atoms with Crippen LogP contribution in [0.25, 0.3) is 11.1 Å². The van der Waals surface area contributed by atoms with Gasteiger partial charge in [-0.25, -0.2) is 0 Å². The molecule has 4 aromatic rings. The number of hydrogen-bond acceptors (Lipinski definition) is 4. The maximum Gasteiger partial charge on any atom is 0.265 e. The number of benzene rings is 4. The van der Waals surface area contributed by atoms with Crippen molar-refractivity contribution in [2.24, 2.45) is 0 Å². The largest absolute Gasteiger partial charge is 0.494 e. The number of carbonyl (C=O) groups excluding carboxylic acids is 2. The van der Waals surface area contributed by atoms with E-state index in [0.717, 1.165) is 16.9 Å². The van der Waals surface area contributed by atoms with E-state index in [-0.39, 0.29) is 11.8 Å². The van der Waals surface area contributed by atoms with Gasteiger partial charge in [-0.2, -0.15) is 0 Å². The molecule has 2 amide bonds. The van der Waals surface area contributed by atoms with E-state index in [1.165, 1.54) is 0 Å². The van der Waals surface area contributed by atoms with Crippen molar-refractivity contribution in [3.05, 3.63) is 109 Å². The van der Waals surface area contributed by atoms with Crippen LogP contribution in [0.5, 0.6) is 11.5 Å². The molecule has 0 aliphatic heterocycles. The predicted octanol–water partition coefficient (Wildman–Crippen LogP) is 6.41. The second-order valence-electron chi connectivity index (χ2n) is 8.10. The summed E-state index contributed by atoms with van der Waals surface area (Å²) in [5, 5.41) is 5.67. The van der Waals surface area contributed by atoms with Crippen molar-refractivity contribution in [1.82, 2.24) is 0 Å². The van der Waals surface area contributed by atoms with Gasteiger partial charge in [-0.05, 0) is 73.5 Å². The second-order valence-corrected chi connectivity index (χ2v) is 8.10. The fourth-order valence-electron chi connectivity index (χ4n) is 3.64. The molecule has 0 aliphatic carbocycles. The minimum atomic E-state index is -0.769. The van der Waals surface area contributed by atoms with E-state index in [4.69, 9.17) is 9.47 Å². The van der Waals surface area contributed by atoms with Gasteiger partial charge >= 0.3 is 0 Å². The lowest BCUT2D eigenvalue weighted by Crippen LogP contribution is -2.31. The Morgan fingerprint density at radius 2 is 1.33 bits per heavy atom. The summed E-state index contributed by atoms with van der Waals surface area (Å²) in [6.07, 6.45) is -0.769. The van der Waals surface area contributed by atoms with E-state index >= 15 is 0 Å². The quantitative estimate of drug-likeness (QED) is 0.290. The Morgan fingerprint density at radius 1 is 0.722 bits per heavy atom. The van der Waals surface area contributed by atoms with E-state index in [9.17, 15) is 9.59 Å². The molecule has 2 N–H and O–H groups in total. The maximum atomic E-state index is 12.9. The van der Waals surface area contributed by atoms with Crippen molar-refractivity contribution in [2.75, 3.05) is 17.2 Å². The second kappa shape index (κ2) is 11.7. The minimum absolute atomic E-state index is 0.333. The molecule has 0 saturated carbocycles. The van der Waals surface area contributed by atoms with Gasteiger partial charge in [0, 0.05) is 5.69 Å². The molecule has 4 rings (SSSR count). The molecule has 4 aromatic carbocycles. The molecule has 6 heteroatoms. The zero-order valence-corrected chi connectivity index (χ0v) is 20.2. The van der Waals surface area contributed by atoms with Crippen LogP contribution in [0.4, 0.5) is 11.4 Å². The standard InChI is InChI=1S/C30H28N2O4/c1-3-35-25-19-15-24(16-20-25)31-30(34)27-11-7-8-12-28(27)32-29(33)21(2)36-26-17-13-23(14-18-26)22-9-5-4-6-10-22/h4-21H,3H2,1-2H3,(H,31,34)(H,32,33). The lowest BCUT2D eigenvalue weighted by atomic mass is 10.1. The minimum Gasteiger partial charge on any atom is -0.494 e. The molecule has 0 radical (unpaired) electrons. The molecule has 0 aliphatic rings. The maximum absolute atomic E-state index is 12.9. The molecular formula is C30H28N2O4. The molecule has 36 heavy (non-hydrogen) atoms. The molecule has 0 fully saturated rings. The fourth-order valence-corrected chi connectivity index (χ4v) is 3.64. The van der Waals surface area contributed by atoms with Crippen LogP contribution in [-0.2, 0) is 4.79 Å². The third-order valence-electron chi connectivity index (χ3n) is 5.50.